The van der Waals surface area contributed by atoms with Gasteiger partial charge in [0, 0.05) is 13.1 Å². The first-order valence-electron chi connectivity index (χ1n) is 4.47. The van der Waals surface area contributed by atoms with Crippen molar-refractivity contribution in [1.82, 2.24) is 20.1 Å². The van der Waals surface area contributed by atoms with E-state index in [1.165, 1.54) is 0 Å². The van der Waals surface area contributed by atoms with Gasteiger partial charge >= 0.3 is 0 Å². The zero-order valence-electron chi connectivity index (χ0n) is 7.86. The van der Waals surface area contributed by atoms with Crippen LogP contribution < -0.4 is 5.32 Å². The lowest BCUT2D eigenvalue weighted by Gasteiger charge is -2.14. The lowest BCUT2D eigenvalue weighted by Crippen LogP contribution is -2.24. The normalized spacial score (nSPS) is 28.2. The van der Waals surface area contributed by atoms with E-state index in [2.05, 4.69) is 15.4 Å². The fourth-order valence-corrected chi connectivity index (χ4v) is 1.75. The largest absolute Gasteiger partial charge is 0.390 e. The van der Waals surface area contributed by atoms with Gasteiger partial charge in [0.25, 0.3) is 0 Å². The highest BCUT2D eigenvalue weighted by molar-refractivity contribution is 4.95. The standard InChI is InChI=1S/C8H14N4O/c1-5-10-6(2)12(11-5)7-3-9-4-8(7)13/h7-9,13H,3-4H2,1-2H3. The fraction of sp³-hybridized carbons (Fsp3) is 0.750. The number of nitrogens with zero attached hydrogens (tertiary/aromatic N) is 3. The van der Waals surface area contributed by atoms with Crippen molar-refractivity contribution >= 4 is 0 Å². The summed E-state index contributed by atoms with van der Waals surface area (Å²) in [4.78, 5) is 4.20. The van der Waals surface area contributed by atoms with Crippen LogP contribution in [-0.2, 0) is 0 Å². The van der Waals surface area contributed by atoms with Gasteiger partial charge in [-0.15, -0.1) is 0 Å². The van der Waals surface area contributed by atoms with Gasteiger partial charge in [-0.05, 0) is 13.8 Å². The first kappa shape index (κ1) is 8.65. The van der Waals surface area contributed by atoms with E-state index in [1.807, 2.05) is 13.8 Å². The number of rotatable bonds is 1. The van der Waals surface area contributed by atoms with E-state index in [9.17, 15) is 5.11 Å². The van der Waals surface area contributed by atoms with Crippen LogP contribution in [0.2, 0.25) is 0 Å². The lowest BCUT2D eigenvalue weighted by molar-refractivity contribution is 0.143. The van der Waals surface area contributed by atoms with Gasteiger partial charge in [-0.3, -0.25) is 0 Å². The van der Waals surface area contributed by atoms with Crippen LogP contribution >= 0.6 is 0 Å². The molecule has 13 heavy (non-hydrogen) atoms. The van der Waals surface area contributed by atoms with E-state index in [-0.39, 0.29) is 12.1 Å². The Morgan fingerprint density at radius 1 is 1.46 bits per heavy atom. The molecule has 0 bridgehead atoms. The molecule has 0 spiro atoms. The second-order valence-corrected chi connectivity index (χ2v) is 3.44. The number of nitrogens with one attached hydrogen (secondary N) is 1. The zero-order chi connectivity index (χ0) is 9.42. The molecule has 2 unspecified atom stereocenters. The Morgan fingerprint density at radius 2 is 2.23 bits per heavy atom. The highest BCUT2D eigenvalue weighted by Gasteiger charge is 2.28. The van der Waals surface area contributed by atoms with E-state index in [0.29, 0.717) is 6.54 Å². The van der Waals surface area contributed by atoms with Gasteiger partial charge < -0.3 is 10.4 Å². The van der Waals surface area contributed by atoms with Crippen molar-refractivity contribution in [3.63, 3.8) is 0 Å². The minimum atomic E-state index is -0.347. The van der Waals surface area contributed by atoms with Crippen LogP contribution in [0.3, 0.4) is 0 Å². The molecule has 0 radical (unpaired) electrons. The molecule has 1 aromatic heterocycles. The van der Waals surface area contributed by atoms with Crippen LogP contribution in [0.4, 0.5) is 0 Å². The van der Waals surface area contributed by atoms with Gasteiger partial charge in [-0.2, -0.15) is 5.10 Å². The van der Waals surface area contributed by atoms with Crippen molar-refractivity contribution < 1.29 is 5.11 Å². The molecule has 72 valence electrons. The number of aromatic nitrogens is 3. The SMILES string of the molecule is Cc1nc(C)n(C2CNCC2O)n1. The first-order chi connectivity index (χ1) is 6.18. The number of hydrogen-bond donors (Lipinski definition) is 2. The van der Waals surface area contributed by atoms with Crippen molar-refractivity contribution in [2.24, 2.45) is 0 Å². The van der Waals surface area contributed by atoms with Gasteiger partial charge in [-0.1, -0.05) is 0 Å². The monoisotopic (exact) mass is 182 g/mol. The molecule has 5 heteroatoms. The van der Waals surface area contributed by atoms with E-state index in [4.69, 9.17) is 0 Å². The van der Waals surface area contributed by atoms with Crippen molar-refractivity contribution in [2.45, 2.75) is 26.0 Å². The third-order valence-corrected chi connectivity index (χ3v) is 2.37. The molecule has 1 aliphatic rings. The summed E-state index contributed by atoms with van der Waals surface area (Å²) in [5, 5.41) is 17.0. The third-order valence-electron chi connectivity index (χ3n) is 2.37. The summed E-state index contributed by atoms with van der Waals surface area (Å²) >= 11 is 0. The molecule has 0 aliphatic carbocycles. The van der Waals surface area contributed by atoms with Gasteiger partial charge in [0.1, 0.15) is 11.6 Å². The van der Waals surface area contributed by atoms with Gasteiger partial charge in [0.15, 0.2) is 0 Å². The molecular weight excluding hydrogens is 168 g/mol. The topological polar surface area (TPSA) is 63.0 Å². The van der Waals surface area contributed by atoms with Crippen molar-refractivity contribution in [3.05, 3.63) is 11.6 Å². The molecule has 2 atom stereocenters. The Kier molecular flexibility index (Phi) is 2.05. The molecule has 0 aromatic carbocycles. The minimum absolute atomic E-state index is 0.0428. The van der Waals surface area contributed by atoms with Gasteiger partial charge in [0.05, 0.1) is 12.1 Å². The van der Waals surface area contributed by atoms with Crippen LogP contribution in [0.15, 0.2) is 0 Å². The summed E-state index contributed by atoms with van der Waals surface area (Å²) < 4.78 is 1.81. The van der Waals surface area contributed by atoms with Gasteiger partial charge in [0.2, 0.25) is 0 Å². The molecule has 0 amide bonds. The Bertz CT molecular complexity index is 309. The molecule has 2 heterocycles. The number of aryl methyl sites for hydroxylation is 2. The van der Waals surface area contributed by atoms with Crippen molar-refractivity contribution in [2.75, 3.05) is 13.1 Å². The second-order valence-electron chi connectivity index (χ2n) is 3.44. The maximum atomic E-state index is 9.62. The van der Waals surface area contributed by atoms with Crippen LogP contribution in [-0.4, -0.2) is 39.1 Å². The quantitative estimate of drug-likeness (QED) is 0.609. The van der Waals surface area contributed by atoms with E-state index < -0.39 is 0 Å². The second kappa shape index (κ2) is 3.08. The smallest absolute Gasteiger partial charge is 0.147 e. The number of β-amino-alcohol motifs (C(OH)–C–C–N with tert-alkyl or cyclic N) is 1. The fourth-order valence-electron chi connectivity index (χ4n) is 1.75. The summed E-state index contributed by atoms with van der Waals surface area (Å²) in [6.07, 6.45) is -0.347. The van der Waals surface area contributed by atoms with Crippen LogP contribution in [0.5, 0.6) is 0 Å². The summed E-state index contributed by atoms with van der Waals surface area (Å²) in [7, 11) is 0. The Hall–Kier alpha value is -0.940. The van der Waals surface area contributed by atoms with E-state index >= 15 is 0 Å². The maximum absolute atomic E-state index is 9.62. The minimum Gasteiger partial charge on any atom is -0.390 e. The number of aliphatic hydroxyl groups is 1. The molecular formula is C8H14N4O. The van der Waals surface area contributed by atoms with Crippen molar-refractivity contribution in [1.29, 1.82) is 0 Å². The third kappa shape index (κ3) is 1.45. The molecule has 0 saturated carbocycles. The average molecular weight is 182 g/mol. The average Bonchev–Trinajstić information content (AvgIpc) is 2.58. The van der Waals surface area contributed by atoms with Crippen molar-refractivity contribution in [3.8, 4) is 0 Å². The predicted molar refractivity (Wildman–Crippen MR) is 47.4 cm³/mol. The summed E-state index contributed by atoms with van der Waals surface area (Å²) in [5.74, 6) is 1.63. The summed E-state index contributed by atoms with van der Waals surface area (Å²) in [6.45, 7) is 5.18. The Labute approximate surface area is 76.8 Å². The van der Waals surface area contributed by atoms with Crippen LogP contribution in [0.25, 0.3) is 0 Å². The Morgan fingerprint density at radius 3 is 2.69 bits per heavy atom. The zero-order valence-corrected chi connectivity index (χ0v) is 7.86. The molecule has 5 nitrogen and oxygen atoms in total. The maximum Gasteiger partial charge on any atom is 0.147 e. The highest BCUT2D eigenvalue weighted by Crippen LogP contribution is 2.16. The van der Waals surface area contributed by atoms with E-state index in [0.717, 1.165) is 18.2 Å². The Balaban J connectivity index is 2.28. The summed E-state index contributed by atoms with van der Waals surface area (Å²) in [6, 6.07) is 0.0428. The first-order valence-corrected chi connectivity index (χ1v) is 4.47. The van der Waals surface area contributed by atoms with Gasteiger partial charge in [-0.25, -0.2) is 9.67 Å². The number of hydrogen-bond acceptors (Lipinski definition) is 4. The molecule has 1 aromatic rings. The van der Waals surface area contributed by atoms with E-state index in [1.54, 1.807) is 4.68 Å². The van der Waals surface area contributed by atoms with Crippen LogP contribution in [0, 0.1) is 13.8 Å². The molecule has 2 rings (SSSR count). The predicted octanol–water partition coefficient (Wildman–Crippen LogP) is -0.600. The molecule has 1 saturated heterocycles. The molecule has 1 fully saturated rings. The molecule has 2 N–H and O–H groups in total. The lowest BCUT2D eigenvalue weighted by atomic mass is 10.2. The van der Waals surface area contributed by atoms with Crippen LogP contribution in [0.1, 0.15) is 17.7 Å². The highest BCUT2D eigenvalue weighted by atomic mass is 16.3. The summed E-state index contributed by atoms with van der Waals surface area (Å²) in [5.41, 5.74) is 0. The molecule has 1 aliphatic heterocycles. The number of aliphatic hydroxyl groups excluding tert-OH is 1.